The van der Waals surface area contributed by atoms with Crippen molar-refractivity contribution in [3.63, 3.8) is 0 Å². The number of hydrogen-bond donors (Lipinski definition) is 3. The van der Waals surface area contributed by atoms with Crippen molar-refractivity contribution in [3.8, 4) is 6.07 Å². The minimum atomic E-state index is -0.0885. The molecule has 0 spiro atoms. The Morgan fingerprint density at radius 2 is 2.11 bits per heavy atom. The average molecular weight is 243 g/mol. The van der Waals surface area contributed by atoms with Crippen LogP contribution in [0.1, 0.15) is 5.56 Å². The molecule has 6 nitrogen and oxygen atoms in total. The van der Waals surface area contributed by atoms with Crippen molar-refractivity contribution in [2.24, 2.45) is 5.92 Å². The highest BCUT2D eigenvalue weighted by atomic mass is 16.2. The van der Waals surface area contributed by atoms with Gasteiger partial charge in [0.2, 0.25) is 5.91 Å². The van der Waals surface area contributed by atoms with Gasteiger partial charge in [-0.05, 0) is 24.3 Å². The number of nitrogens with zero attached hydrogens (tertiary/aromatic N) is 2. The minimum absolute atomic E-state index is 0.0355. The molecule has 1 aromatic carbocycles. The van der Waals surface area contributed by atoms with Crippen LogP contribution in [0.2, 0.25) is 0 Å². The molecular weight excluding hydrogens is 230 g/mol. The number of carbonyl (C=O) groups excluding carboxylic acids is 1. The molecule has 2 aliphatic heterocycles. The lowest BCUT2D eigenvalue weighted by molar-refractivity contribution is -0.126. The zero-order chi connectivity index (χ0) is 12.5. The van der Waals surface area contributed by atoms with Gasteiger partial charge < -0.3 is 5.32 Å². The molecule has 2 saturated heterocycles. The fourth-order valence-electron chi connectivity index (χ4n) is 2.38. The second kappa shape index (κ2) is 4.29. The van der Waals surface area contributed by atoms with Crippen molar-refractivity contribution in [2.75, 3.05) is 18.2 Å². The average Bonchev–Trinajstić information content (AvgIpc) is 2.84. The highest BCUT2D eigenvalue weighted by Gasteiger charge is 2.41. The summed E-state index contributed by atoms with van der Waals surface area (Å²) in [6.45, 7) is 1.10. The molecule has 2 heterocycles. The van der Waals surface area contributed by atoms with Crippen LogP contribution in [0.5, 0.6) is 0 Å². The van der Waals surface area contributed by atoms with Gasteiger partial charge in [-0.15, -0.1) is 0 Å². The molecule has 0 radical (unpaired) electrons. The van der Waals surface area contributed by atoms with Crippen molar-refractivity contribution in [2.45, 2.75) is 6.17 Å². The number of carbonyl (C=O) groups is 1. The zero-order valence-electron chi connectivity index (χ0n) is 9.68. The van der Waals surface area contributed by atoms with Crippen LogP contribution in [0.4, 0.5) is 5.69 Å². The topological polar surface area (TPSA) is 80.2 Å². The molecule has 2 aliphatic rings. The van der Waals surface area contributed by atoms with E-state index in [-0.39, 0.29) is 18.0 Å². The van der Waals surface area contributed by atoms with E-state index in [9.17, 15) is 4.79 Å². The number of hydrazine groups is 1. The first-order valence-electron chi connectivity index (χ1n) is 5.83. The van der Waals surface area contributed by atoms with Gasteiger partial charge >= 0.3 is 0 Å². The Hall–Kier alpha value is -2.10. The molecular formula is C12H13N5O. The molecule has 0 aromatic heterocycles. The first kappa shape index (κ1) is 11.0. The molecule has 0 aliphatic carbocycles. The molecule has 6 heteroatoms. The van der Waals surface area contributed by atoms with Crippen LogP contribution in [-0.4, -0.2) is 25.3 Å². The Morgan fingerprint density at radius 3 is 2.83 bits per heavy atom. The van der Waals surface area contributed by atoms with Gasteiger partial charge in [0.25, 0.3) is 0 Å². The Morgan fingerprint density at radius 1 is 1.33 bits per heavy atom. The maximum Gasteiger partial charge on any atom is 0.228 e. The summed E-state index contributed by atoms with van der Waals surface area (Å²) in [6.07, 6.45) is -0.0355. The van der Waals surface area contributed by atoms with Gasteiger partial charge in [-0.3, -0.25) is 15.1 Å². The number of fused-ring (bicyclic) bond motifs is 1. The molecule has 2 unspecified atom stereocenters. The zero-order valence-corrected chi connectivity index (χ0v) is 9.68. The predicted octanol–water partition coefficient (Wildman–Crippen LogP) is -0.498. The summed E-state index contributed by atoms with van der Waals surface area (Å²) >= 11 is 0. The maximum absolute atomic E-state index is 11.7. The third-order valence-corrected chi connectivity index (χ3v) is 3.33. The molecule has 18 heavy (non-hydrogen) atoms. The van der Waals surface area contributed by atoms with E-state index in [0.717, 1.165) is 5.69 Å². The Bertz CT molecular complexity index is 506. The molecule has 0 saturated carbocycles. The molecule has 0 bridgehead atoms. The van der Waals surface area contributed by atoms with Crippen LogP contribution >= 0.6 is 0 Å². The van der Waals surface area contributed by atoms with E-state index in [2.05, 4.69) is 22.1 Å². The van der Waals surface area contributed by atoms with Crippen LogP contribution in [-0.2, 0) is 4.79 Å². The predicted molar refractivity (Wildman–Crippen MR) is 65.1 cm³/mol. The first-order valence-corrected chi connectivity index (χ1v) is 5.83. The molecule has 1 aromatic rings. The summed E-state index contributed by atoms with van der Waals surface area (Å²) in [5.74, 6) is -0.0169. The smallest absolute Gasteiger partial charge is 0.228 e. The molecule has 1 amide bonds. The van der Waals surface area contributed by atoms with E-state index in [1.54, 1.807) is 12.1 Å². The van der Waals surface area contributed by atoms with Crippen molar-refractivity contribution < 1.29 is 4.79 Å². The van der Waals surface area contributed by atoms with Crippen molar-refractivity contribution in [1.29, 1.82) is 5.26 Å². The summed E-state index contributed by atoms with van der Waals surface area (Å²) in [4.78, 5) is 11.7. The fraction of sp³-hybridized carbons (Fsp3) is 0.333. The SMILES string of the molecule is N#Cc1ccc(N2NCC3C(=O)NCNC32)cc1. The largest absolute Gasteiger partial charge is 0.343 e. The van der Waals surface area contributed by atoms with Crippen LogP contribution < -0.4 is 21.1 Å². The van der Waals surface area contributed by atoms with E-state index in [0.29, 0.717) is 18.8 Å². The molecule has 2 atom stereocenters. The van der Waals surface area contributed by atoms with E-state index in [1.165, 1.54) is 0 Å². The van der Waals surface area contributed by atoms with Crippen LogP contribution in [0.15, 0.2) is 24.3 Å². The maximum atomic E-state index is 11.7. The lowest BCUT2D eigenvalue weighted by Gasteiger charge is -2.32. The van der Waals surface area contributed by atoms with Gasteiger partial charge in [-0.25, -0.2) is 5.43 Å². The highest BCUT2D eigenvalue weighted by molar-refractivity contribution is 5.81. The molecule has 92 valence electrons. The monoisotopic (exact) mass is 243 g/mol. The summed E-state index contributed by atoms with van der Waals surface area (Å²) in [7, 11) is 0. The molecule has 3 rings (SSSR count). The van der Waals surface area contributed by atoms with Gasteiger partial charge in [0.15, 0.2) is 0 Å². The quantitative estimate of drug-likeness (QED) is 0.620. The minimum Gasteiger partial charge on any atom is -0.343 e. The van der Waals surface area contributed by atoms with E-state index >= 15 is 0 Å². The Labute approximate surface area is 105 Å². The van der Waals surface area contributed by atoms with E-state index in [1.807, 2.05) is 17.1 Å². The van der Waals surface area contributed by atoms with Gasteiger partial charge in [-0.2, -0.15) is 5.26 Å². The normalized spacial score (nSPS) is 26.4. The third-order valence-electron chi connectivity index (χ3n) is 3.33. The van der Waals surface area contributed by atoms with Crippen molar-refractivity contribution >= 4 is 11.6 Å². The van der Waals surface area contributed by atoms with Crippen LogP contribution in [0.25, 0.3) is 0 Å². The highest BCUT2D eigenvalue weighted by Crippen LogP contribution is 2.24. The van der Waals surface area contributed by atoms with Crippen molar-refractivity contribution in [3.05, 3.63) is 29.8 Å². The summed E-state index contributed by atoms with van der Waals surface area (Å²) in [5, 5.41) is 16.8. The number of nitrogens with one attached hydrogen (secondary N) is 3. The number of rotatable bonds is 1. The van der Waals surface area contributed by atoms with E-state index in [4.69, 9.17) is 5.26 Å². The number of anilines is 1. The van der Waals surface area contributed by atoms with Crippen molar-refractivity contribution in [1.82, 2.24) is 16.1 Å². The van der Waals surface area contributed by atoms with Gasteiger partial charge in [0, 0.05) is 6.54 Å². The number of amides is 1. The van der Waals surface area contributed by atoms with Gasteiger partial charge in [0.05, 0.1) is 29.9 Å². The first-order chi connectivity index (χ1) is 8.79. The Balaban J connectivity index is 1.84. The number of benzene rings is 1. The second-order valence-corrected chi connectivity index (χ2v) is 4.36. The summed E-state index contributed by atoms with van der Waals surface area (Å²) in [6, 6.07) is 9.39. The van der Waals surface area contributed by atoms with Gasteiger partial charge in [0.1, 0.15) is 6.17 Å². The second-order valence-electron chi connectivity index (χ2n) is 4.36. The third kappa shape index (κ3) is 1.70. The van der Waals surface area contributed by atoms with E-state index < -0.39 is 0 Å². The fourth-order valence-corrected chi connectivity index (χ4v) is 2.38. The summed E-state index contributed by atoms with van der Waals surface area (Å²) in [5.41, 5.74) is 4.79. The lowest BCUT2D eigenvalue weighted by atomic mass is 10.1. The number of nitriles is 1. The summed E-state index contributed by atoms with van der Waals surface area (Å²) < 4.78 is 0. The lowest BCUT2D eigenvalue weighted by Crippen LogP contribution is -2.58. The number of hydrogen-bond acceptors (Lipinski definition) is 5. The van der Waals surface area contributed by atoms with Crippen LogP contribution in [0.3, 0.4) is 0 Å². The van der Waals surface area contributed by atoms with Crippen LogP contribution in [0, 0.1) is 17.2 Å². The Kier molecular flexibility index (Phi) is 2.63. The molecule has 3 N–H and O–H groups in total. The molecule has 2 fully saturated rings. The van der Waals surface area contributed by atoms with Gasteiger partial charge in [-0.1, -0.05) is 0 Å². The standard InChI is InChI=1S/C12H13N5O/c13-5-8-1-3-9(4-2-8)17-11-10(6-16-17)12(18)15-7-14-11/h1-4,10-11,14,16H,6-7H2,(H,15,18).